The van der Waals surface area contributed by atoms with Gasteiger partial charge in [-0.2, -0.15) is 0 Å². The molecule has 2 unspecified atom stereocenters. The van der Waals surface area contributed by atoms with E-state index in [0.29, 0.717) is 17.6 Å². The molecule has 0 saturated heterocycles. The van der Waals surface area contributed by atoms with Crippen molar-refractivity contribution in [2.24, 2.45) is 0 Å². The van der Waals surface area contributed by atoms with Crippen LogP contribution in [-0.2, 0) is 27.9 Å². The van der Waals surface area contributed by atoms with E-state index in [1.165, 1.54) is 58.3 Å². The minimum Gasteiger partial charge on any atom is -0.756 e. The van der Waals surface area contributed by atoms with Crippen LogP contribution in [0.25, 0.3) is 0 Å². The summed E-state index contributed by atoms with van der Waals surface area (Å²) in [6, 6.07) is 0. The number of allylic oxidation sites excluding steroid dienone is 8. The molecule has 8 nitrogen and oxygen atoms in total. The quantitative estimate of drug-likeness (QED) is 0.0274. The maximum atomic E-state index is 12.0. The monoisotopic (exact) mass is 627 g/mol. The van der Waals surface area contributed by atoms with Gasteiger partial charge in [-0.1, -0.05) is 100 Å². The molecule has 0 radical (unpaired) electrons. The SMILES string of the molecule is CC/C=C\C/C=C\C/C=C\C/C=C\CCCCCCCCCCCOCC(COP(=O)([O-])OCC[N+](C)(C)C)OC(C)=O. The number of esters is 1. The van der Waals surface area contributed by atoms with Gasteiger partial charge in [-0.25, -0.2) is 0 Å². The Hall–Kier alpha value is -1.54. The molecule has 9 heteroatoms. The van der Waals surface area contributed by atoms with Crippen LogP contribution in [-0.4, -0.2) is 70.7 Å². The zero-order chi connectivity index (χ0) is 32.1. The van der Waals surface area contributed by atoms with Crippen molar-refractivity contribution in [2.75, 3.05) is 54.1 Å². The first kappa shape index (κ1) is 41.5. The van der Waals surface area contributed by atoms with Crippen molar-refractivity contribution in [2.45, 2.75) is 110 Å². The fourth-order valence-corrected chi connectivity index (χ4v) is 4.73. The third-order valence-corrected chi connectivity index (χ3v) is 7.41. The van der Waals surface area contributed by atoms with E-state index in [2.05, 4.69) is 55.5 Å². The van der Waals surface area contributed by atoms with Gasteiger partial charge in [0.25, 0.3) is 7.82 Å². The maximum Gasteiger partial charge on any atom is 0.303 e. The molecule has 2 atom stereocenters. The van der Waals surface area contributed by atoms with Gasteiger partial charge < -0.3 is 27.9 Å². The molecule has 0 aliphatic rings. The molecule has 0 aromatic carbocycles. The smallest absolute Gasteiger partial charge is 0.303 e. The standard InChI is InChI=1S/C34H62NO7P/c1-6-7-8-9-10-11-12-13-14-15-16-17-18-19-20-21-22-23-24-25-26-27-29-39-31-34(42-33(2)36)32-41-43(37,38)40-30-28-35(3,4)5/h7-8,10-11,13-14,16-17,34H,6,9,12,15,18-32H2,1-5H3/b8-7-,11-10-,14-13-,17-16-. The molecule has 43 heavy (non-hydrogen) atoms. The molecule has 0 aliphatic carbocycles. The Morgan fingerprint density at radius 3 is 1.77 bits per heavy atom. The highest BCUT2D eigenvalue weighted by Gasteiger charge is 2.19. The summed E-state index contributed by atoms with van der Waals surface area (Å²) in [5.41, 5.74) is 0. The van der Waals surface area contributed by atoms with Crippen LogP contribution in [0.15, 0.2) is 48.6 Å². The minimum atomic E-state index is -4.47. The Labute approximate surface area is 263 Å². The predicted molar refractivity (Wildman–Crippen MR) is 176 cm³/mol. The van der Waals surface area contributed by atoms with Gasteiger partial charge >= 0.3 is 5.97 Å². The first-order valence-corrected chi connectivity index (χ1v) is 17.8. The third kappa shape index (κ3) is 33.2. The number of phosphoric ester groups is 1. The summed E-state index contributed by atoms with van der Waals surface area (Å²) in [6.07, 6.45) is 33.3. The molecule has 0 bridgehead atoms. The van der Waals surface area contributed by atoms with Crippen LogP contribution in [0.5, 0.6) is 0 Å². The first-order chi connectivity index (χ1) is 20.6. The number of unbranched alkanes of at least 4 members (excludes halogenated alkanes) is 9. The van der Waals surface area contributed by atoms with Crippen LogP contribution >= 0.6 is 7.82 Å². The van der Waals surface area contributed by atoms with Crippen molar-refractivity contribution >= 4 is 13.8 Å². The molecule has 0 N–H and O–H groups in total. The van der Waals surface area contributed by atoms with Crippen LogP contribution in [0.2, 0.25) is 0 Å². The van der Waals surface area contributed by atoms with E-state index in [-0.39, 0.29) is 19.8 Å². The third-order valence-electron chi connectivity index (χ3n) is 6.44. The highest BCUT2D eigenvalue weighted by Crippen LogP contribution is 2.38. The van der Waals surface area contributed by atoms with Crippen LogP contribution in [0, 0.1) is 0 Å². The zero-order valence-corrected chi connectivity index (χ0v) is 28.8. The molecule has 0 aromatic rings. The van der Waals surface area contributed by atoms with E-state index in [9.17, 15) is 14.3 Å². The molecule has 0 aromatic heterocycles. The van der Waals surface area contributed by atoms with Gasteiger partial charge in [0.2, 0.25) is 0 Å². The lowest BCUT2D eigenvalue weighted by atomic mass is 10.1. The Bertz CT molecular complexity index is 833. The molecular formula is C34H62NO7P. The van der Waals surface area contributed by atoms with Gasteiger partial charge in [-0.3, -0.25) is 9.36 Å². The number of carbonyl (C=O) groups excluding carboxylic acids is 1. The Kier molecular flexibility index (Phi) is 27.0. The summed E-state index contributed by atoms with van der Waals surface area (Å²) in [5.74, 6) is -0.515. The van der Waals surface area contributed by atoms with E-state index in [1.807, 2.05) is 21.1 Å². The molecule has 0 saturated carbocycles. The number of likely N-dealkylation sites (N-methyl/N-ethyl adjacent to an activating group) is 1. The number of quaternary nitrogens is 1. The Morgan fingerprint density at radius 2 is 1.23 bits per heavy atom. The lowest BCUT2D eigenvalue weighted by molar-refractivity contribution is -0.870. The van der Waals surface area contributed by atoms with Gasteiger partial charge in [-0.15, -0.1) is 0 Å². The summed E-state index contributed by atoms with van der Waals surface area (Å²) in [6.45, 7) is 4.25. The lowest BCUT2D eigenvalue weighted by Crippen LogP contribution is -2.37. The number of nitrogens with zero attached hydrogens (tertiary/aromatic N) is 1. The molecule has 0 amide bonds. The minimum absolute atomic E-state index is 0.0195. The molecular weight excluding hydrogens is 565 g/mol. The van der Waals surface area contributed by atoms with Gasteiger partial charge in [0, 0.05) is 13.5 Å². The number of phosphoric acid groups is 1. The number of ether oxygens (including phenoxy) is 2. The first-order valence-electron chi connectivity index (χ1n) is 16.3. The zero-order valence-electron chi connectivity index (χ0n) is 27.9. The second-order valence-electron chi connectivity index (χ2n) is 11.9. The molecule has 0 heterocycles. The molecule has 0 aliphatic heterocycles. The van der Waals surface area contributed by atoms with E-state index in [1.54, 1.807) is 0 Å². The van der Waals surface area contributed by atoms with Gasteiger partial charge in [0.1, 0.15) is 19.3 Å². The van der Waals surface area contributed by atoms with Gasteiger partial charge in [0.05, 0.1) is 34.4 Å². The summed E-state index contributed by atoms with van der Waals surface area (Å²) in [4.78, 5) is 23.4. The van der Waals surface area contributed by atoms with E-state index in [4.69, 9.17) is 18.5 Å². The van der Waals surface area contributed by atoms with Crippen molar-refractivity contribution in [1.29, 1.82) is 0 Å². The fraction of sp³-hybridized carbons (Fsp3) is 0.735. The van der Waals surface area contributed by atoms with E-state index in [0.717, 1.165) is 38.5 Å². The fourth-order valence-electron chi connectivity index (χ4n) is 4.01. The van der Waals surface area contributed by atoms with Crippen LogP contribution in [0.4, 0.5) is 0 Å². The van der Waals surface area contributed by atoms with E-state index < -0.39 is 19.9 Å². The van der Waals surface area contributed by atoms with Gasteiger partial charge in [0.15, 0.2) is 0 Å². The van der Waals surface area contributed by atoms with Crippen molar-refractivity contribution in [1.82, 2.24) is 0 Å². The van der Waals surface area contributed by atoms with Gasteiger partial charge in [-0.05, 0) is 44.9 Å². The van der Waals surface area contributed by atoms with Crippen molar-refractivity contribution in [3.05, 3.63) is 48.6 Å². The van der Waals surface area contributed by atoms with Crippen LogP contribution in [0.3, 0.4) is 0 Å². The summed E-state index contributed by atoms with van der Waals surface area (Å²) >= 11 is 0. The Morgan fingerprint density at radius 1 is 0.721 bits per heavy atom. The Balaban J connectivity index is 3.71. The van der Waals surface area contributed by atoms with Crippen LogP contribution in [0.1, 0.15) is 104 Å². The molecule has 0 rings (SSSR count). The molecule has 0 fully saturated rings. The largest absolute Gasteiger partial charge is 0.756 e. The normalized spacial score (nSPS) is 14.8. The number of carbonyl (C=O) groups is 1. The highest BCUT2D eigenvalue weighted by molar-refractivity contribution is 7.45. The second-order valence-corrected chi connectivity index (χ2v) is 13.3. The average molecular weight is 628 g/mol. The number of hydrogen-bond acceptors (Lipinski definition) is 7. The van der Waals surface area contributed by atoms with Crippen molar-refractivity contribution in [3.63, 3.8) is 0 Å². The molecule has 250 valence electrons. The van der Waals surface area contributed by atoms with Crippen molar-refractivity contribution < 1.29 is 37.3 Å². The summed E-state index contributed by atoms with van der Waals surface area (Å²) in [7, 11) is 1.33. The summed E-state index contributed by atoms with van der Waals surface area (Å²) < 4.78 is 33.1. The van der Waals surface area contributed by atoms with Crippen molar-refractivity contribution in [3.8, 4) is 0 Å². The predicted octanol–water partition coefficient (Wildman–Crippen LogP) is 7.85. The lowest BCUT2D eigenvalue weighted by Gasteiger charge is -2.28. The second kappa shape index (κ2) is 28.0. The summed E-state index contributed by atoms with van der Waals surface area (Å²) in [5, 5.41) is 0. The van der Waals surface area contributed by atoms with E-state index >= 15 is 0 Å². The number of rotatable bonds is 29. The average Bonchev–Trinajstić information content (AvgIpc) is 2.93. The van der Waals surface area contributed by atoms with Crippen LogP contribution < -0.4 is 4.89 Å². The topological polar surface area (TPSA) is 94.1 Å². The highest BCUT2D eigenvalue weighted by atomic mass is 31.2. The maximum absolute atomic E-state index is 12.0. The molecule has 0 spiro atoms. The number of hydrogen-bond donors (Lipinski definition) is 0.